The van der Waals surface area contributed by atoms with Crippen molar-refractivity contribution in [2.24, 2.45) is 0 Å². The van der Waals surface area contributed by atoms with E-state index in [0.717, 1.165) is 12.2 Å². The van der Waals surface area contributed by atoms with Gasteiger partial charge in [0.05, 0.1) is 26.4 Å². The van der Waals surface area contributed by atoms with Gasteiger partial charge in [0, 0.05) is 38.3 Å². The van der Waals surface area contributed by atoms with Crippen LogP contribution < -0.4 is 0 Å². The average Bonchev–Trinajstić information content (AvgIpc) is 2.44. The van der Waals surface area contributed by atoms with Gasteiger partial charge in [0.25, 0.3) is 0 Å². The molecule has 20 heavy (non-hydrogen) atoms. The lowest BCUT2D eigenvalue weighted by Gasteiger charge is -2.20. The summed E-state index contributed by atoms with van der Waals surface area (Å²) in [6.07, 6.45) is 2.07. The Morgan fingerprint density at radius 2 is 0.900 bits per heavy atom. The Hall–Kier alpha value is -1.48. The summed E-state index contributed by atoms with van der Waals surface area (Å²) in [6, 6.07) is 0. The summed E-state index contributed by atoms with van der Waals surface area (Å²) in [5.41, 5.74) is 0. The highest BCUT2D eigenvalue weighted by Crippen LogP contribution is 1.95. The molecule has 0 heterocycles. The lowest BCUT2D eigenvalue weighted by Crippen LogP contribution is -2.36. The van der Waals surface area contributed by atoms with Gasteiger partial charge in [-0.15, -0.1) is 0 Å². The topological polar surface area (TPSA) is 122 Å². The van der Waals surface area contributed by atoms with Crippen molar-refractivity contribution in [1.29, 1.82) is 0 Å². The Balaban J connectivity index is 4.55. The SMILES string of the molecule is O=C(C=CC(=O)N(CCO)CCO)N(CCO)CCO. The molecule has 0 aromatic carbocycles. The average molecular weight is 290 g/mol. The van der Waals surface area contributed by atoms with Crippen molar-refractivity contribution in [2.45, 2.75) is 0 Å². The van der Waals surface area contributed by atoms with E-state index in [2.05, 4.69) is 0 Å². The molecule has 116 valence electrons. The number of hydrogen-bond acceptors (Lipinski definition) is 6. The molecule has 8 nitrogen and oxygen atoms in total. The van der Waals surface area contributed by atoms with Crippen molar-refractivity contribution in [3.05, 3.63) is 12.2 Å². The summed E-state index contributed by atoms with van der Waals surface area (Å²) in [5, 5.41) is 35.1. The van der Waals surface area contributed by atoms with E-state index in [9.17, 15) is 9.59 Å². The maximum Gasteiger partial charge on any atom is 0.246 e. The van der Waals surface area contributed by atoms with Crippen LogP contribution in [0.3, 0.4) is 0 Å². The minimum atomic E-state index is -0.505. The van der Waals surface area contributed by atoms with Crippen LogP contribution in [-0.4, -0.2) is 94.6 Å². The van der Waals surface area contributed by atoms with E-state index < -0.39 is 11.8 Å². The van der Waals surface area contributed by atoms with Gasteiger partial charge in [-0.05, 0) is 0 Å². The van der Waals surface area contributed by atoms with Crippen molar-refractivity contribution >= 4 is 11.8 Å². The van der Waals surface area contributed by atoms with Crippen LogP contribution in [0.15, 0.2) is 12.2 Å². The van der Waals surface area contributed by atoms with Gasteiger partial charge in [-0.25, -0.2) is 0 Å². The number of aliphatic hydroxyl groups excluding tert-OH is 4. The molecule has 0 aromatic rings. The quantitative estimate of drug-likeness (QED) is 0.322. The smallest absolute Gasteiger partial charge is 0.246 e. The first-order chi connectivity index (χ1) is 9.60. The van der Waals surface area contributed by atoms with Crippen LogP contribution in [0, 0.1) is 0 Å². The predicted molar refractivity (Wildman–Crippen MR) is 70.6 cm³/mol. The maximum atomic E-state index is 11.7. The van der Waals surface area contributed by atoms with Gasteiger partial charge in [-0.3, -0.25) is 9.59 Å². The van der Waals surface area contributed by atoms with Crippen molar-refractivity contribution in [1.82, 2.24) is 9.80 Å². The number of aliphatic hydroxyl groups is 4. The lowest BCUT2D eigenvalue weighted by atomic mass is 10.3. The first-order valence-electron chi connectivity index (χ1n) is 6.30. The maximum absolute atomic E-state index is 11.7. The fourth-order valence-electron chi connectivity index (χ4n) is 1.50. The number of hydrogen-bond donors (Lipinski definition) is 4. The minimum absolute atomic E-state index is 0.0644. The number of carbonyl (C=O) groups is 2. The molecular formula is C12H22N2O6. The Bertz CT molecular complexity index is 279. The van der Waals surface area contributed by atoms with Crippen LogP contribution in [0.5, 0.6) is 0 Å². The molecule has 0 aliphatic heterocycles. The summed E-state index contributed by atoms with van der Waals surface area (Å²) >= 11 is 0. The summed E-state index contributed by atoms with van der Waals surface area (Å²) < 4.78 is 0. The molecule has 0 radical (unpaired) electrons. The van der Waals surface area contributed by atoms with Crippen molar-refractivity contribution < 1.29 is 30.0 Å². The molecule has 0 aromatic heterocycles. The second-order valence-corrected chi connectivity index (χ2v) is 3.88. The molecule has 0 unspecified atom stereocenters. The Labute approximate surface area is 117 Å². The van der Waals surface area contributed by atoms with Crippen LogP contribution in [0.25, 0.3) is 0 Å². The molecule has 2 amide bonds. The summed E-state index contributed by atoms with van der Waals surface area (Å²) in [6.45, 7) is -0.708. The highest BCUT2D eigenvalue weighted by Gasteiger charge is 2.12. The van der Waals surface area contributed by atoms with E-state index in [0.29, 0.717) is 0 Å². The zero-order chi connectivity index (χ0) is 15.4. The molecule has 8 heteroatoms. The molecular weight excluding hydrogens is 268 g/mol. The van der Waals surface area contributed by atoms with Crippen molar-refractivity contribution in [3.8, 4) is 0 Å². The van der Waals surface area contributed by atoms with Gasteiger partial charge < -0.3 is 30.2 Å². The predicted octanol–water partition coefficient (Wildman–Crippen LogP) is -2.83. The van der Waals surface area contributed by atoms with Crippen LogP contribution in [0.2, 0.25) is 0 Å². The second kappa shape index (κ2) is 11.4. The number of carbonyl (C=O) groups excluding carboxylic acids is 2. The first kappa shape index (κ1) is 18.5. The van der Waals surface area contributed by atoms with Crippen molar-refractivity contribution in [3.63, 3.8) is 0 Å². The Morgan fingerprint density at radius 1 is 0.650 bits per heavy atom. The monoisotopic (exact) mass is 290 g/mol. The van der Waals surface area contributed by atoms with Gasteiger partial charge in [0.1, 0.15) is 0 Å². The number of nitrogens with zero attached hydrogens (tertiary/aromatic N) is 2. The lowest BCUT2D eigenvalue weighted by molar-refractivity contribution is -0.129. The highest BCUT2D eigenvalue weighted by molar-refractivity contribution is 5.96. The minimum Gasteiger partial charge on any atom is -0.395 e. The van der Waals surface area contributed by atoms with Gasteiger partial charge in [-0.2, -0.15) is 0 Å². The molecule has 0 saturated carbocycles. The molecule has 4 N–H and O–H groups in total. The van der Waals surface area contributed by atoms with E-state index in [1.165, 1.54) is 9.80 Å². The Morgan fingerprint density at radius 3 is 1.10 bits per heavy atom. The van der Waals surface area contributed by atoms with E-state index in [1.54, 1.807) is 0 Å². The van der Waals surface area contributed by atoms with Crippen LogP contribution in [0.1, 0.15) is 0 Å². The molecule has 0 saturated heterocycles. The summed E-state index contributed by atoms with van der Waals surface area (Å²) in [5.74, 6) is -1.01. The highest BCUT2D eigenvalue weighted by atomic mass is 16.3. The number of rotatable bonds is 10. The normalized spacial score (nSPS) is 10.8. The third kappa shape index (κ3) is 7.19. The number of amides is 2. The van der Waals surface area contributed by atoms with Crippen LogP contribution >= 0.6 is 0 Å². The standard InChI is InChI=1S/C12H22N2O6/c15-7-3-13(4-8-16)11(19)1-2-12(20)14(5-9-17)6-10-18/h1-2,15-18H,3-10H2. The van der Waals surface area contributed by atoms with E-state index in [1.807, 2.05) is 0 Å². The largest absolute Gasteiger partial charge is 0.395 e. The molecule has 0 atom stereocenters. The molecule has 0 aliphatic carbocycles. The first-order valence-corrected chi connectivity index (χ1v) is 6.30. The van der Waals surface area contributed by atoms with Crippen molar-refractivity contribution in [2.75, 3.05) is 52.6 Å². The molecule has 0 rings (SSSR count). The Kier molecular flexibility index (Phi) is 10.5. The van der Waals surface area contributed by atoms with E-state index in [-0.39, 0.29) is 52.6 Å². The zero-order valence-electron chi connectivity index (χ0n) is 11.3. The third-order valence-electron chi connectivity index (χ3n) is 2.47. The van der Waals surface area contributed by atoms with Gasteiger partial charge in [0.15, 0.2) is 0 Å². The molecule has 0 fully saturated rings. The fraction of sp³-hybridized carbons (Fsp3) is 0.667. The summed E-state index contributed by atoms with van der Waals surface area (Å²) in [4.78, 5) is 25.8. The van der Waals surface area contributed by atoms with Crippen LogP contribution in [0.4, 0.5) is 0 Å². The molecule has 0 spiro atoms. The molecule has 0 bridgehead atoms. The zero-order valence-corrected chi connectivity index (χ0v) is 11.3. The van der Waals surface area contributed by atoms with Gasteiger partial charge in [-0.1, -0.05) is 0 Å². The van der Waals surface area contributed by atoms with Gasteiger partial charge in [0.2, 0.25) is 11.8 Å². The van der Waals surface area contributed by atoms with Gasteiger partial charge >= 0.3 is 0 Å². The third-order valence-corrected chi connectivity index (χ3v) is 2.47. The summed E-state index contributed by atoms with van der Waals surface area (Å²) in [7, 11) is 0. The van der Waals surface area contributed by atoms with E-state index >= 15 is 0 Å². The molecule has 0 aliphatic rings. The van der Waals surface area contributed by atoms with E-state index in [4.69, 9.17) is 20.4 Å². The fourth-order valence-corrected chi connectivity index (χ4v) is 1.50. The second-order valence-electron chi connectivity index (χ2n) is 3.88. The van der Waals surface area contributed by atoms with Crippen LogP contribution in [-0.2, 0) is 9.59 Å².